The number of nitrogens with one attached hydrogen (secondary N) is 1. The van der Waals surface area contributed by atoms with E-state index in [2.05, 4.69) is 24.1 Å². The molecule has 0 spiro atoms. The van der Waals surface area contributed by atoms with Crippen molar-refractivity contribution in [1.29, 1.82) is 0 Å². The van der Waals surface area contributed by atoms with Crippen molar-refractivity contribution >= 4 is 22.6 Å². The van der Waals surface area contributed by atoms with Gasteiger partial charge in [-0.15, -0.1) is 0 Å². The number of rotatable bonds is 5. The first kappa shape index (κ1) is 15.3. The zero-order valence-electron chi connectivity index (χ0n) is 13.0. The quantitative estimate of drug-likeness (QED) is 0.854. The third-order valence-electron chi connectivity index (χ3n) is 3.37. The van der Waals surface area contributed by atoms with Gasteiger partial charge in [0, 0.05) is 16.8 Å². The Hall–Kier alpha value is -2.10. The molecular formula is C17H22N2O2. The molecule has 0 amide bonds. The van der Waals surface area contributed by atoms with Gasteiger partial charge >= 0.3 is 5.97 Å². The monoisotopic (exact) mass is 286 g/mol. The number of pyridine rings is 1. The fourth-order valence-corrected chi connectivity index (χ4v) is 2.44. The highest BCUT2D eigenvalue weighted by Gasteiger charge is 2.21. The fourth-order valence-electron chi connectivity index (χ4n) is 2.44. The molecular weight excluding hydrogens is 264 g/mol. The molecule has 0 radical (unpaired) electrons. The number of ether oxygens (including phenoxy) is 1. The van der Waals surface area contributed by atoms with Crippen molar-refractivity contribution in [3.63, 3.8) is 0 Å². The minimum atomic E-state index is -0.347. The summed E-state index contributed by atoms with van der Waals surface area (Å²) in [5.74, 6) is 0.165. The van der Waals surface area contributed by atoms with Gasteiger partial charge in [0.1, 0.15) is 6.04 Å². The zero-order chi connectivity index (χ0) is 15.4. The maximum Gasteiger partial charge on any atom is 0.328 e. The minimum absolute atomic E-state index is 0.234. The first-order valence-corrected chi connectivity index (χ1v) is 7.22. The molecule has 4 heteroatoms. The molecule has 1 unspecified atom stereocenters. The second kappa shape index (κ2) is 6.57. The van der Waals surface area contributed by atoms with Crippen LogP contribution in [-0.2, 0) is 9.53 Å². The number of aromatic nitrogens is 1. The Morgan fingerprint density at radius 3 is 2.71 bits per heavy atom. The van der Waals surface area contributed by atoms with Gasteiger partial charge in [0.05, 0.1) is 12.6 Å². The smallest absolute Gasteiger partial charge is 0.328 e. The Labute approximate surface area is 125 Å². The van der Waals surface area contributed by atoms with Crippen molar-refractivity contribution in [2.75, 3.05) is 12.4 Å². The third kappa shape index (κ3) is 3.72. The number of esters is 1. The second-order valence-corrected chi connectivity index (χ2v) is 5.68. The molecule has 0 saturated carbocycles. The zero-order valence-corrected chi connectivity index (χ0v) is 13.0. The summed E-state index contributed by atoms with van der Waals surface area (Å²) in [6.07, 6.45) is 0.725. The fraction of sp³-hybridized carbons (Fsp3) is 0.412. The van der Waals surface area contributed by atoms with Crippen molar-refractivity contribution in [2.24, 2.45) is 5.92 Å². The van der Waals surface area contributed by atoms with Gasteiger partial charge in [-0.1, -0.05) is 32.0 Å². The Morgan fingerprint density at radius 1 is 1.33 bits per heavy atom. The van der Waals surface area contributed by atoms with E-state index in [9.17, 15) is 4.79 Å². The highest BCUT2D eigenvalue weighted by molar-refractivity contribution is 5.93. The number of hydrogen-bond acceptors (Lipinski definition) is 4. The van der Waals surface area contributed by atoms with Crippen LogP contribution in [0.2, 0.25) is 0 Å². The molecule has 4 nitrogen and oxygen atoms in total. The Balaban J connectivity index is 2.38. The summed E-state index contributed by atoms with van der Waals surface area (Å²) in [7, 11) is 1.42. The van der Waals surface area contributed by atoms with Crippen molar-refractivity contribution in [3.8, 4) is 0 Å². The van der Waals surface area contributed by atoms with Gasteiger partial charge in [0.25, 0.3) is 0 Å². The number of nitrogens with zero attached hydrogens (tertiary/aromatic N) is 1. The molecule has 0 saturated heterocycles. The minimum Gasteiger partial charge on any atom is -0.467 e. The van der Waals surface area contributed by atoms with Crippen LogP contribution in [0.25, 0.3) is 10.9 Å². The van der Waals surface area contributed by atoms with Gasteiger partial charge in [0.15, 0.2) is 0 Å². The number of methoxy groups -OCH3 is 1. The summed E-state index contributed by atoms with van der Waals surface area (Å²) in [6, 6.07) is 9.54. The van der Waals surface area contributed by atoms with Gasteiger partial charge in [-0.25, -0.2) is 4.79 Å². The van der Waals surface area contributed by atoms with E-state index in [1.165, 1.54) is 7.11 Å². The van der Waals surface area contributed by atoms with E-state index in [0.717, 1.165) is 28.7 Å². The molecule has 0 aliphatic rings. The molecule has 0 aliphatic carbocycles. The van der Waals surface area contributed by atoms with Crippen molar-refractivity contribution in [2.45, 2.75) is 33.2 Å². The summed E-state index contributed by atoms with van der Waals surface area (Å²) in [4.78, 5) is 16.5. The summed E-state index contributed by atoms with van der Waals surface area (Å²) in [5, 5.41) is 4.34. The van der Waals surface area contributed by atoms with Crippen LogP contribution in [0, 0.1) is 12.8 Å². The molecule has 2 aromatic rings. The Bertz CT molecular complexity index is 638. The van der Waals surface area contributed by atoms with Crippen LogP contribution in [0.3, 0.4) is 0 Å². The van der Waals surface area contributed by atoms with Gasteiger partial charge in [-0.05, 0) is 31.4 Å². The lowest BCUT2D eigenvalue weighted by Gasteiger charge is -2.20. The van der Waals surface area contributed by atoms with Crippen molar-refractivity contribution < 1.29 is 9.53 Å². The summed E-state index contributed by atoms with van der Waals surface area (Å²) in [6.45, 7) is 6.13. The number of hydrogen-bond donors (Lipinski definition) is 1. The average Bonchev–Trinajstić information content (AvgIpc) is 2.45. The number of carbonyl (C=O) groups is 1. The van der Waals surface area contributed by atoms with Gasteiger partial charge in [-0.3, -0.25) is 4.98 Å². The van der Waals surface area contributed by atoms with E-state index in [1.54, 1.807) is 0 Å². The number of carbonyl (C=O) groups excluding carboxylic acids is 1. The standard InChI is InChI=1S/C17H22N2O2/c1-11(2)9-16(17(20)21-4)19-15-10-12(3)18-14-8-6-5-7-13(14)15/h5-8,10-11,16H,9H2,1-4H3,(H,18,19). The lowest BCUT2D eigenvalue weighted by molar-refractivity contribution is -0.141. The first-order chi connectivity index (χ1) is 10.0. The first-order valence-electron chi connectivity index (χ1n) is 7.22. The molecule has 2 rings (SSSR count). The van der Waals surface area contributed by atoms with Crippen molar-refractivity contribution in [3.05, 3.63) is 36.0 Å². The number of para-hydroxylation sites is 1. The number of fused-ring (bicyclic) bond motifs is 1. The number of benzene rings is 1. The SMILES string of the molecule is COC(=O)C(CC(C)C)Nc1cc(C)nc2ccccc12. The molecule has 0 fully saturated rings. The molecule has 0 aliphatic heterocycles. The predicted molar refractivity (Wildman–Crippen MR) is 85.4 cm³/mol. The lowest BCUT2D eigenvalue weighted by atomic mass is 10.0. The summed E-state index contributed by atoms with van der Waals surface area (Å²) in [5.41, 5.74) is 2.77. The molecule has 21 heavy (non-hydrogen) atoms. The maximum absolute atomic E-state index is 12.0. The average molecular weight is 286 g/mol. The Morgan fingerprint density at radius 2 is 2.05 bits per heavy atom. The molecule has 1 N–H and O–H groups in total. The van der Waals surface area contributed by atoms with Crippen LogP contribution in [0.1, 0.15) is 26.0 Å². The normalized spacial score (nSPS) is 12.4. The maximum atomic E-state index is 12.0. The Kier molecular flexibility index (Phi) is 4.78. The van der Waals surface area contributed by atoms with E-state index in [-0.39, 0.29) is 12.0 Å². The molecule has 0 bridgehead atoms. The summed E-state index contributed by atoms with van der Waals surface area (Å²) < 4.78 is 4.91. The third-order valence-corrected chi connectivity index (χ3v) is 3.37. The largest absolute Gasteiger partial charge is 0.467 e. The molecule has 1 atom stereocenters. The lowest BCUT2D eigenvalue weighted by Crippen LogP contribution is -2.32. The van der Waals surface area contributed by atoms with Crippen molar-refractivity contribution in [1.82, 2.24) is 4.98 Å². The second-order valence-electron chi connectivity index (χ2n) is 5.68. The van der Waals surface area contributed by atoms with E-state index < -0.39 is 0 Å². The van der Waals surface area contributed by atoms with E-state index in [1.807, 2.05) is 37.3 Å². The highest BCUT2D eigenvalue weighted by atomic mass is 16.5. The number of anilines is 1. The predicted octanol–water partition coefficient (Wildman–Crippen LogP) is 3.54. The van der Waals surface area contributed by atoms with E-state index in [4.69, 9.17) is 4.74 Å². The van der Waals surface area contributed by atoms with E-state index in [0.29, 0.717) is 5.92 Å². The van der Waals surface area contributed by atoms with Gasteiger partial charge in [0.2, 0.25) is 0 Å². The van der Waals surface area contributed by atoms with Crippen LogP contribution < -0.4 is 5.32 Å². The van der Waals surface area contributed by atoms with Gasteiger partial charge in [-0.2, -0.15) is 0 Å². The van der Waals surface area contributed by atoms with Crippen LogP contribution in [0.5, 0.6) is 0 Å². The van der Waals surface area contributed by atoms with Crippen LogP contribution >= 0.6 is 0 Å². The van der Waals surface area contributed by atoms with Crippen LogP contribution in [-0.4, -0.2) is 24.1 Å². The van der Waals surface area contributed by atoms with Crippen LogP contribution in [0.4, 0.5) is 5.69 Å². The molecule has 1 aromatic heterocycles. The number of aryl methyl sites for hydroxylation is 1. The summed E-state index contributed by atoms with van der Waals surface area (Å²) >= 11 is 0. The van der Waals surface area contributed by atoms with Gasteiger partial charge < -0.3 is 10.1 Å². The topological polar surface area (TPSA) is 51.2 Å². The van der Waals surface area contributed by atoms with E-state index >= 15 is 0 Å². The molecule has 1 heterocycles. The highest BCUT2D eigenvalue weighted by Crippen LogP contribution is 2.24. The van der Waals surface area contributed by atoms with Crippen LogP contribution in [0.15, 0.2) is 30.3 Å². The molecule has 1 aromatic carbocycles. The molecule has 112 valence electrons.